The largest absolute Gasteiger partial charge is 0.444 e. The van der Waals surface area contributed by atoms with Crippen molar-refractivity contribution in [2.75, 3.05) is 0 Å². The Morgan fingerprint density at radius 3 is 2.43 bits per heavy atom. The Morgan fingerprint density at radius 2 is 1.91 bits per heavy atom. The fourth-order valence-electron chi connectivity index (χ4n) is 2.89. The van der Waals surface area contributed by atoms with Gasteiger partial charge in [-0.3, -0.25) is 0 Å². The van der Waals surface area contributed by atoms with Crippen molar-refractivity contribution in [1.29, 1.82) is 0 Å². The summed E-state index contributed by atoms with van der Waals surface area (Å²) in [4.78, 5) is 17.4. The molecule has 0 unspecified atom stereocenters. The third-order valence-electron chi connectivity index (χ3n) is 4.00. The number of thiazole rings is 1. The minimum atomic E-state index is -0.439. The van der Waals surface area contributed by atoms with E-state index in [1.807, 2.05) is 33.9 Å². The lowest BCUT2D eigenvalue weighted by atomic mass is 9.91. The maximum atomic E-state index is 11.8. The maximum absolute atomic E-state index is 11.8. The number of carbonyl (C=O) groups excluding carboxylic acids is 1. The van der Waals surface area contributed by atoms with Gasteiger partial charge in [-0.15, -0.1) is 11.3 Å². The lowest BCUT2D eigenvalue weighted by Gasteiger charge is -2.32. The summed E-state index contributed by atoms with van der Waals surface area (Å²) in [5, 5.41) is 7.78. The molecule has 2 rings (SSSR count). The molecule has 1 aromatic heterocycles. The monoisotopic (exact) mass is 339 g/mol. The standard InChI is InChI=1S/C17H29N3O2S/c1-11(15-10-18-12(2)23-15)19-13-6-8-14(9-7-13)20-16(21)22-17(3,4)5/h10-11,13-14,19H,6-9H2,1-5H3,(H,20,21)/t11-,13?,14?/m0/s1. The molecule has 2 N–H and O–H groups in total. The van der Waals surface area contributed by atoms with E-state index in [0.717, 1.165) is 30.7 Å². The molecule has 23 heavy (non-hydrogen) atoms. The molecule has 0 bridgehead atoms. The molecule has 1 fully saturated rings. The van der Waals surface area contributed by atoms with Gasteiger partial charge in [0.15, 0.2) is 0 Å². The molecule has 1 heterocycles. The number of nitrogens with one attached hydrogen (secondary N) is 2. The van der Waals surface area contributed by atoms with Gasteiger partial charge >= 0.3 is 6.09 Å². The third-order valence-corrected chi connectivity index (χ3v) is 5.10. The number of rotatable bonds is 4. The van der Waals surface area contributed by atoms with E-state index in [1.54, 1.807) is 11.3 Å². The molecule has 1 atom stereocenters. The first-order valence-corrected chi connectivity index (χ1v) is 9.22. The zero-order chi connectivity index (χ0) is 17.0. The third kappa shape index (κ3) is 6.11. The van der Waals surface area contributed by atoms with E-state index >= 15 is 0 Å². The topological polar surface area (TPSA) is 63.2 Å². The molecule has 0 aliphatic heterocycles. The summed E-state index contributed by atoms with van der Waals surface area (Å²) < 4.78 is 5.32. The molecule has 5 nitrogen and oxygen atoms in total. The van der Waals surface area contributed by atoms with Gasteiger partial charge in [-0.2, -0.15) is 0 Å². The van der Waals surface area contributed by atoms with E-state index in [2.05, 4.69) is 22.5 Å². The molecule has 0 radical (unpaired) electrons. The molecule has 0 spiro atoms. The van der Waals surface area contributed by atoms with Crippen molar-refractivity contribution in [3.63, 3.8) is 0 Å². The normalized spacial score (nSPS) is 23.3. The fraction of sp³-hybridized carbons (Fsp3) is 0.765. The van der Waals surface area contributed by atoms with Gasteiger partial charge in [0.05, 0.1) is 5.01 Å². The van der Waals surface area contributed by atoms with Crippen LogP contribution in [0.1, 0.15) is 69.3 Å². The molecule has 6 heteroatoms. The van der Waals surface area contributed by atoms with Crippen LogP contribution in [0.15, 0.2) is 6.20 Å². The summed E-state index contributed by atoms with van der Waals surface area (Å²) >= 11 is 1.75. The number of amides is 1. The van der Waals surface area contributed by atoms with Crippen LogP contribution in [0.5, 0.6) is 0 Å². The first kappa shape index (κ1) is 18.2. The Hall–Kier alpha value is -1.14. The van der Waals surface area contributed by atoms with Gasteiger partial charge < -0.3 is 15.4 Å². The van der Waals surface area contributed by atoms with E-state index in [-0.39, 0.29) is 12.1 Å². The molecule has 1 aromatic rings. The number of alkyl carbamates (subject to hydrolysis) is 1. The van der Waals surface area contributed by atoms with Gasteiger partial charge in [-0.25, -0.2) is 9.78 Å². The summed E-state index contributed by atoms with van der Waals surface area (Å²) in [5.41, 5.74) is -0.439. The van der Waals surface area contributed by atoms with Crippen LogP contribution in [0.25, 0.3) is 0 Å². The molecule has 0 saturated heterocycles. The highest BCUT2D eigenvalue weighted by Crippen LogP contribution is 2.25. The first-order valence-electron chi connectivity index (χ1n) is 8.41. The van der Waals surface area contributed by atoms with E-state index in [0.29, 0.717) is 12.1 Å². The minimum absolute atomic E-state index is 0.226. The lowest BCUT2D eigenvalue weighted by Crippen LogP contribution is -2.44. The highest BCUT2D eigenvalue weighted by Gasteiger charge is 2.25. The van der Waals surface area contributed by atoms with E-state index in [4.69, 9.17) is 4.74 Å². The van der Waals surface area contributed by atoms with Crippen molar-refractivity contribution in [2.45, 2.75) is 84.0 Å². The molecule has 1 saturated carbocycles. The molecule has 0 aromatic carbocycles. The number of aromatic nitrogens is 1. The SMILES string of the molecule is Cc1ncc([C@H](C)NC2CCC(NC(=O)OC(C)(C)C)CC2)s1. The van der Waals surface area contributed by atoms with Gasteiger partial charge in [0, 0.05) is 29.2 Å². The van der Waals surface area contributed by atoms with Crippen molar-refractivity contribution in [2.24, 2.45) is 0 Å². The predicted octanol–water partition coefficient (Wildman–Crippen LogP) is 3.94. The summed E-state index contributed by atoms with van der Waals surface area (Å²) in [6.07, 6.45) is 5.79. The number of ether oxygens (including phenoxy) is 1. The molecule has 130 valence electrons. The zero-order valence-electron chi connectivity index (χ0n) is 14.8. The van der Waals surface area contributed by atoms with Crippen LogP contribution < -0.4 is 10.6 Å². The van der Waals surface area contributed by atoms with Crippen LogP contribution >= 0.6 is 11.3 Å². The quantitative estimate of drug-likeness (QED) is 0.872. The van der Waals surface area contributed by atoms with Crippen LogP contribution in [0.3, 0.4) is 0 Å². The van der Waals surface area contributed by atoms with Gasteiger partial charge in [0.1, 0.15) is 5.60 Å². The van der Waals surface area contributed by atoms with Gasteiger partial charge in [-0.1, -0.05) is 0 Å². The average molecular weight is 340 g/mol. The summed E-state index contributed by atoms with van der Waals surface area (Å²) in [5.74, 6) is 0. The lowest BCUT2D eigenvalue weighted by molar-refractivity contribution is 0.0489. The van der Waals surface area contributed by atoms with Crippen molar-refractivity contribution >= 4 is 17.4 Å². The number of carbonyl (C=O) groups is 1. The minimum Gasteiger partial charge on any atom is -0.444 e. The van der Waals surface area contributed by atoms with Gasteiger partial charge in [0.2, 0.25) is 0 Å². The Balaban J connectivity index is 1.72. The second kappa shape index (κ2) is 7.62. The summed E-state index contributed by atoms with van der Waals surface area (Å²) in [7, 11) is 0. The summed E-state index contributed by atoms with van der Waals surface area (Å²) in [6.45, 7) is 9.88. The molecular weight excluding hydrogens is 310 g/mol. The second-order valence-electron chi connectivity index (χ2n) is 7.36. The number of hydrogen-bond donors (Lipinski definition) is 2. The molecule has 1 aliphatic carbocycles. The van der Waals surface area contributed by atoms with Crippen LogP contribution in [-0.4, -0.2) is 28.8 Å². The Labute approximate surface area is 143 Å². The van der Waals surface area contributed by atoms with Crippen molar-refractivity contribution in [1.82, 2.24) is 15.6 Å². The smallest absolute Gasteiger partial charge is 0.407 e. The van der Waals surface area contributed by atoms with Crippen LogP contribution in [0.2, 0.25) is 0 Å². The van der Waals surface area contributed by atoms with E-state index < -0.39 is 5.60 Å². The summed E-state index contributed by atoms with van der Waals surface area (Å²) in [6, 6.07) is 1.06. The van der Waals surface area contributed by atoms with Gasteiger partial charge in [0.25, 0.3) is 0 Å². The van der Waals surface area contributed by atoms with E-state index in [9.17, 15) is 4.79 Å². The predicted molar refractivity (Wildman–Crippen MR) is 93.8 cm³/mol. The van der Waals surface area contributed by atoms with Gasteiger partial charge in [-0.05, 0) is 60.3 Å². The Morgan fingerprint density at radius 1 is 1.30 bits per heavy atom. The zero-order valence-corrected chi connectivity index (χ0v) is 15.6. The van der Waals surface area contributed by atoms with Crippen molar-refractivity contribution in [3.05, 3.63) is 16.1 Å². The second-order valence-corrected chi connectivity index (χ2v) is 8.63. The van der Waals surface area contributed by atoms with Crippen molar-refractivity contribution in [3.8, 4) is 0 Å². The number of aryl methyl sites for hydroxylation is 1. The Kier molecular flexibility index (Phi) is 6.03. The Bertz CT molecular complexity index is 516. The average Bonchev–Trinajstić information content (AvgIpc) is 2.85. The highest BCUT2D eigenvalue weighted by atomic mass is 32.1. The molecular formula is C17H29N3O2S. The highest BCUT2D eigenvalue weighted by molar-refractivity contribution is 7.11. The fourth-order valence-corrected chi connectivity index (χ4v) is 3.69. The first-order chi connectivity index (χ1) is 10.7. The number of hydrogen-bond acceptors (Lipinski definition) is 5. The maximum Gasteiger partial charge on any atom is 0.407 e. The van der Waals surface area contributed by atoms with E-state index in [1.165, 1.54) is 4.88 Å². The van der Waals surface area contributed by atoms with Crippen LogP contribution in [0.4, 0.5) is 4.79 Å². The number of nitrogens with zero attached hydrogens (tertiary/aromatic N) is 1. The molecule has 1 amide bonds. The van der Waals surface area contributed by atoms with Crippen LogP contribution in [-0.2, 0) is 4.74 Å². The molecule has 1 aliphatic rings. The van der Waals surface area contributed by atoms with Crippen molar-refractivity contribution < 1.29 is 9.53 Å². The van der Waals surface area contributed by atoms with Crippen LogP contribution in [0, 0.1) is 6.92 Å².